The zero-order valence-electron chi connectivity index (χ0n) is 16.5. The van der Waals surface area contributed by atoms with Crippen molar-refractivity contribution in [3.8, 4) is 5.75 Å². The van der Waals surface area contributed by atoms with Gasteiger partial charge in [-0.1, -0.05) is 25.3 Å². The van der Waals surface area contributed by atoms with Gasteiger partial charge in [-0.2, -0.15) is 0 Å². The van der Waals surface area contributed by atoms with Crippen LogP contribution < -0.4 is 10.1 Å². The number of carbonyl (C=O) groups excluding carboxylic acids is 2. The number of Topliss-reactive ketones (excluding diaryl/α,β-unsaturated/α-hetero) is 1. The Kier molecular flexibility index (Phi) is 4.87. The number of amides is 2. The van der Waals surface area contributed by atoms with Crippen molar-refractivity contribution in [3.63, 3.8) is 0 Å². The van der Waals surface area contributed by atoms with Gasteiger partial charge in [0.05, 0.1) is 12.0 Å². The molecular weight excluding hydrogens is 340 g/mol. The summed E-state index contributed by atoms with van der Waals surface area (Å²) in [6, 6.07) is 4.25. The van der Waals surface area contributed by atoms with Gasteiger partial charge < -0.3 is 15.0 Å². The minimum atomic E-state index is -0.454. The van der Waals surface area contributed by atoms with Gasteiger partial charge in [0, 0.05) is 32.0 Å². The Labute approximate surface area is 161 Å². The normalized spacial score (nSPS) is 22.3. The molecule has 0 aromatic heterocycles. The second kappa shape index (κ2) is 7.17. The number of nitrogens with one attached hydrogen (secondary N) is 1. The van der Waals surface area contributed by atoms with Crippen LogP contribution in [0.3, 0.4) is 0 Å². The predicted molar refractivity (Wildman–Crippen MR) is 104 cm³/mol. The van der Waals surface area contributed by atoms with Gasteiger partial charge >= 0.3 is 6.03 Å². The number of aryl methyl sites for hydroxylation is 1. The first-order valence-electron chi connectivity index (χ1n) is 10.4. The molecule has 0 atom stereocenters. The summed E-state index contributed by atoms with van der Waals surface area (Å²) in [6.45, 7) is 5.36. The number of carbonyl (C=O) groups is 2. The summed E-state index contributed by atoms with van der Waals surface area (Å²) < 4.78 is 6.44. The molecule has 1 saturated heterocycles. The van der Waals surface area contributed by atoms with Gasteiger partial charge in [-0.05, 0) is 43.9 Å². The lowest BCUT2D eigenvalue weighted by Gasteiger charge is -2.44. The average molecular weight is 370 g/mol. The topological polar surface area (TPSA) is 58.6 Å². The van der Waals surface area contributed by atoms with Crippen LogP contribution in [0.5, 0.6) is 5.75 Å². The van der Waals surface area contributed by atoms with Crippen LogP contribution in [0, 0.1) is 13.8 Å². The summed E-state index contributed by atoms with van der Waals surface area (Å²) in [4.78, 5) is 27.2. The number of ketones is 1. The number of urea groups is 1. The highest BCUT2D eigenvalue weighted by molar-refractivity contribution is 6.01. The molecule has 2 fully saturated rings. The molecule has 27 heavy (non-hydrogen) atoms. The molecule has 1 aromatic rings. The minimum absolute atomic E-state index is 0.0475. The van der Waals surface area contributed by atoms with Crippen LogP contribution in [-0.2, 0) is 0 Å². The lowest BCUT2D eigenvalue weighted by Crippen LogP contribution is -2.55. The molecule has 0 unspecified atom stereocenters. The fraction of sp³-hybridized carbons (Fsp3) is 0.636. The van der Waals surface area contributed by atoms with Gasteiger partial charge in [0.2, 0.25) is 0 Å². The molecule has 5 nitrogen and oxygen atoms in total. The van der Waals surface area contributed by atoms with E-state index in [9.17, 15) is 9.59 Å². The van der Waals surface area contributed by atoms with Crippen LogP contribution >= 0.6 is 0 Å². The maximum absolute atomic E-state index is 12.7. The Bertz CT molecular complexity index is 744. The zero-order valence-corrected chi connectivity index (χ0v) is 16.5. The van der Waals surface area contributed by atoms with Crippen LogP contribution in [0.1, 0.15) is 72.9 Å². The van der Waals surface area contributed by atoms with Crippen LogP contribution in [-0.4, -0.2) is 41.4 Å². The van der Waals surface area contributed by atoms with Crippen molar-refractivity contribution in [2.75, 3.05) is 13.1 Å². The van der Waals surface area contributed by atoms with Crippen molar-refractivity contribution >= 4 is 11.8 Å². The third kappa shape index (κ3) is 3.56. The monoisotopic (exact) mass is 370 g/mol. The quantitative estimate of drug-likeness (QED) is 0.808. The summed E-state index contributed by atoms with van der Waals surface area (Å²) in [7, 11) is 0. The van der Waals surface area contributed by atoms with Crippen molar-refractivity contribution in [1.29, 1.82) is 0 Å². The predicted octanol–water partition coefficient (Wildman–Crippen LogP) is 4.15. The van der Waals surface area contributed by atoms with Crippen molar-refractivity contribution < 1.29 is 14.3 Å². The molecule has 2 aliphatic heterocycles. The first-order chi connectivity index (χ1) is 13.0. The molecule has 2 heterocycles. The fourth-order valence-corrected chi connectivity index (χ4v) is 4.69. The van der Waals surface area contributed by atoms with Crippen LogP contribution in [0.2, 0.25) is 0 Å². The Balaban J connectivity index is 1.41. The molecule has 146 valence electrons. The van der Waals surface area contributed by atoms with E-state index in [-0.39, 0.29) is 11.8 Å². The highest BCUT2D eigenvalue weighted by Gasteiger charge is 2.44. The number of piperidine rings is 1. The van der Waals surface area contributed by atoms with E-state index in [2.05, 4.69) is 5.32 Å². The number of benzene rings is 1. The van der Waals surface area contributed by atoms with E-state index >= 15 is 0 Å². The smallest absolute Gasteiger partial charge is 0.317 e. The van der Waals surface area contributed by atoms with Gasteiger partial charge in [0.25, 0.3) is 0 Å². The van der Waals surface area contributed by atoms with E-state index in [0.717, 1.165) is 29.7 Å². The molecule has 3 aliphatic rings. The minimum Gasteiger partial charge on any atom is -0.486 e. The number of rotatable bonds is 1. The first-order valence-corrected chi connectivity index (χ1v) is 10.4. The van der Waals surface area contributed by atoms with Crippen LogP contribution in [0.15, 0.2) is 12.1 Å². The lowest BCUT2D eigenvalue weighted by atomic mass is 9.81. The molecule has 0 radical (unpaired) electrons. The maximum atomic E-state index is 12.7. The van der Waals surface area contributed by atoms with E-state index in [1.165, 1.54) is 19.3 Å². The fourth-order valence-electron chi connectivity index (χ4n) is 4.69. The van der Waals surface area contributed by atoms with Gasteiger partial charge in [-0.3, -0.25) is 4.79 Å². The van der Waals surface area contributed by atoms with Crippen molar-refractivity contribution in [2.24, 2.45) is 0 Å². The lowest BCUT2D eigenvalue weighted by molar-refractivity contribution is -0.00150. The van der Waals surface area contributed by atoms with Gasteiger partial charge in [0.15, 0.2) is 5.78 Å². The molecule has 1 spiro atoms. The average Bonchev–Trinajstić information content (AvgIpc) is 2.66. The second-order valence-electron chi connectivity index (χ2n) is 8.54. The molecule has 4 rings (SSSR count). The summed E-state index contributed by atoms with van der Waals surface area (Å²) in [5, 5.41) is 3.20. The molecule has 1 aromatic carbocycles. The SMILES string of the molecule is Cc1ccc2c(c1C)OC1(CCN(C(=O)NC3CCCCC3)CC1)CC2=O. The maximum Gasteiger partial charge on any atom is 0.317 e. The number of hydrogen-bond acceptors (Lipinski definition) is 3. The summed E-state index contributed by atoms with van der Waals surface area (Å²) in [6.07, 6.45) is 7.73. The Morgan fingerprint density at radius 3 is 2.56 bits per heavy atom. The van der Waals surface area contributed by atoms with E-state index in [1.807, 2.05) is 30.9 Å². The first kappa shape index (κ1) is 18.3. The number of nitrogens with zero attached hydrogens (tertiary/aromatic N) is 1. The Hall–Kier alpha value is -2.04. The second-order valence-corrected chi connectivity index (χ2v) is 8.54. The summed E-state index contributed by atoms with van der Waals surface area (Å²) in [5.74, 6) is 0.922. The number of likely N-dealkylation sites (tertiary alicyclic amines) is 1. The molecule has 5 heteroatoms. The molecular formula is C22H30N2O3. The van der Waals surface area contributed by atoms with E-state index in [4.69, 9.17) is 4.74 Å². The number of fused-ring (bicyclic) bond motifs is 1. The van der Waals surface area contributed by atoms with Crippen molar-refractivity contribution in [2.45, 2.75) is 76.9 Å². The molecule has 1 N–H and O–H groups in total. The number of ether oxygens (including phenoxy) is 1. The van der Waals surface area contributed by atoms with E-state index in [0.29, 0.717) is 44.0 Å². The standard InChI is InChI=1S/C22H30N2O3/c1-15-8-9-18-19(25)14-22(27-20(18)16(15)2)10-12-24(13-11-22)21(26)23-17-6-4-3-5-7-17/h8-9,17H,3-7,10-14H2,1-2H3,(H,23,26). The number of hydrogen-bond donors (Lipinski definition) is 1. The molecule has 1 aliphatic carbocycles. The molecule has 0 bridgehead atoms. The Morgan fingerprint density at radius 1 is 1.15 bits per heavy atom. The third-order valence-corrected chi connectivity index (χ3v) is 6.67. The van der Waals surface area contributed by atoms with E-state index < -0.39 is 5.60 Å². The van der Waals surface area contributed by atoms with Crippen molar-refractivity contribution in [3.05, 3.63) is 28.8 Å². The summed E-state index contributed by atoms with van der Waals surface area (Å²) in [5.41, 5.74) is 2.45. The molecule has 1 saturated carbocycles. The van der Waals surface area contributed by atoms with Gasteiger partial charge in [-0.25, -0.2) is 4.79 Å². The third-order valence-electron chi connectivity index (χ3n) is 6.67. The largest absolute Gasteiger partial charge is 0.486 e. The highest BCUT2D eigenvalue weighted by atomic mass is 16.5. The molecule has 2 amide bonds. The van der Waals surface area contributed by atoms with E-state index in [1.54, 1.807) is 0 Å². The highest BCUT2D eigenvalue weighted by Crippen LogP contribution is 2.41. The zero-order chi connectivity index (χ0) is 19.0. The van der Waals surface area contributed by atoms with Crippen LogP contribution in [0.25, 0.3) is 0 Å². The summed E-state index contributed by atoms with van der Waals surface area (Å²) >= 11 is 0. The van der Waals surface area contributed by atoms with Crippen molar-refractivity contribution in [1.82, 2.24) is 10.2 Å². The van der Waals surface area contributed by atoms with Gasteiger partial charge in [-0.15, -0.1) is 0 Å². The van der Waals surface area contributed by atoms with Gasteiger partial charge in [0.1, 0.15) is 11.4 Å². The Morgan fingerprint density at radius 2 is 1.85 bits per heavy atom. The van der Waals surface area contributed by atoms with Crippen LogP contribution in [0.4, 0.5) is 4.79 Å².